The van der Waals surface area contributed by atoms with Crippen molar-refractivity contribution in [1.29, 1.82) is 0 Å². The zero-order chi connectivity index (χ0) is 9.14. The molecule has 0 radical (unpaired) electrons. The Labute approximate surface area is 78.3 Å². The summed E-state index contributed by atoms with van der Waals surface area (Å²) in [4.78, 5) is 15.2. The van der Waals surface area contributed by atoms with Crippen molar-refractivity contribution in [3.63, 3.8) is 0 Å². The maximum atomic E-state index is 10.9. The van der Waals surface area contributed by atoms with Gasteiger partial charge in [0.25, 0.3) is 0 Å². The minimum absolute atomic E-state index is 0.0428. The molecule has 0 amide bonds. The van der Waals surface area contributed by atoms with Gasteiger partial charge in [0, 0.05) is 26.2 Å². The van der Waals surface area contributed by atoms with Crippen molar-refractivity contribution in [3.05, 3.63) is 0 Å². The van der Waals surface area contributed by atoms with Crippen LogP contribution in [0, 0.1) is 0 Å². The lowest BCUT2D eigenvalue weighted by Crippen LogP contribution is -2.49. The number of piperazine rings is 1. The first-order valence-electron chi connectivity index (χ1n) is 4.18. The Morgan fingerprint density at radius 2 is 1.83 bits per heavy atom. The second-order valence-corrected chi connectivity index (χ2v) is 3.70. The van der Waals surface area contributed by atoms with Crippen LogP contribution in [0.15, 0.2) is 0 Å². The van der Waals surface area contributed by atoms with Crippen LogP contribution >= 0.6 is 11.6 Å². The lowest BCUT2D eigenvalue weighted by molar-refractivity contribution is -0.120. The van der Waals surface area contributed by atoms with E-state index in [-0.39, 0.29) is 5.78 Å². The molecule has 0 N–H and O–H groups in total. The van der Waals surface area contributed by atoms with Crippen LogP contribution in [0.25, 0.3) is 0 Å². The fourth-order valence-electron chi connectivity index (χ4n) is 1.31. The summed E-state index contributed by atoms with van der Waals surface area (Å²) < 4.78 is 0. The first-order chi connectivity index (χ1) is 5.61. The zero-order valence-corrected chi connectivity index (χ0v) is 8.34. The summed E-state index contributed by atoms with van der Waals surface area (Å²) in [6.45, 7) is 5.32. The molecule has 0 aliphatic carbocycles. The highest BCUT2D eigenvalue weighted by Gasteiger charge is 2.23. The molecule has 1 aliphatic heterocycles. The van der Waals surface area contributed by atoms with E-state index in [2.05, 4.69) is 11.9 Å². The number of rotatable bonds is 2. The molecule has 0 spiro atoms. The molecule has 0 aromatic rings. The highest BCUT2D eigenvalue weighted by molar-refractivity contribution is 6.30. The molecule has 1 fully saturated rings. The largest absolute Gasteiger partial charge is 0.304 e. The van der Waals surface area contributed by atoms with E-state index in [0.717, 1.165) is 26.2 Å². The standard InChI is InChI=1S/C8H15ClN2O/c1-7(12)8(9)11-5-3-10(2)4-6-11/h8H,3-6H2,1-2H3. The van der Waals surface area contributed by atoms with Crippen molar-refractivity contribution >= 4 is 17.4 Å². The molecule has 1 heterocycles. The minimum Gasteiger partial charge on any atom is -0.304 e. The molecule has 1 aliphatic rings. The maximum Gasteiger partial charge on any atom is 0.162 e. The third kappa shape index (κ3) is 2.44. The normalized spacial score (nSPS) is 23.9. The van der Waals surface area contributed by atoms with Gasteiger partial charge in [-0.05, 0) is 14.0 Å². The molecule has 70 valence electrons. The predicted molar refractivity (Wildman–Crippen MR) is 49.4 cm³/mol. The predicted octanol–water partition coefficient (Wildman–Crippen LogP) is 0.388. The van der Waals surface area contributed by atoms with E-state index in [1.54, 1.807) is 0 Å². The van der Waals surface area contributed by atoms with E-state index in [4.69, 9.17) is 11.6 Å². The van der Waals surface area contributed by atoms with Crippen LogP contribution < -0.4 is 0 Å². The van der Waals surface area contributed by atoms with Crippen LogP contribution in [0.4, 0.5) is 0 Å². The Balaban J connectivity index is 2.39. The highest BCUT2D eigenvalue weighted by atomic mass is 35.5. The summed E-state index contributed by atoms with van der Waals surface area (Å²) in [5.74, 6) is 0.0428. The summed E-state index contributed by atoms with van der Waals surface area (Å²) in [6.07, 6.45) is 0. The van der Waals surface area contributed by atoms with Gasteiger partial charge >= 0.3 is 0 Å². The maximum absolute atomic E-state index is 10.9. The van der Waals surface area contributed by atoms with Crippen LogP contribution in [0.3, 0.4) is 0 Å². The van der Waals surface area contributed by atoms with E-state index in [1.807, 2.05) is 4.90 Å². The van der Waals surface area contributed by atoms with E-state index in [1.165, 1.54) is 6.92 Å². The van der Waals surface area contributed by atoms with Crippen molar-refractivity contribution in [2.75, 3.05) is 33.2 Å². The molecule has 0 aromatic heterocycles. The number of hydrogen-bond acceptors (Lipinski definition) is 3. The fourth-order valence-corrected chi connectivity index (χ4v) is 1.50. The first kappa shape index (κ1) is 9.96. The van der Waals surface area contributed by atoms with Crippen LogP contribution in [0.2, 0.25) is 0 Å². The number of halogens is 1. The van der Waals surface area contributed by atoms with Gasteiger partial charge in [0.05, 0.1) is 0 Å². The molecule has 12 heavy (non-hydrogen) atoms. The summed E-state index contributed by atoms with van der Waals surface area (Å²) in [5, 5.41) is 0. The summed E-state index contributed by atoms with van der Waals surface area (Å²) in [5.41, 5.74) is -0.418. The van der Waals surface area contributed by atoms with Crippen LogP contribution in [0.5, 0.6) is 0 Å². The van der Waals surface area contributed by atoms with Gasteiger partial charge in [0.1, 0.15) is 5.50 Å². The van der Waals surface area contributed by atoms with Gasteiger partial charge in [-0.2, -0.15) is 0 Å². The average molecular weight is 191 g/mol. The van der Waals surface area contributed by atoms with E-state index in [9.17, 15) is 4.79 Å². The molecule has 1 atom stereocenters. The van der Waals surface area contributed by atoms with Gasteiger partial charge in [-0.15, -0.1) is 0 Å². The van der Waals surface area contributed by atoms with Gasteiger partial charge in [0.15, 0.2) is 5.78 Å². The number of likely N-dealkylation sites (N-methyl/N-ethyl adjacent to an activating group) is 1. The Bertz CT molecular complexity index is 166. The molecule has 0 aromatic carbocycles. The summed E-state index contributed by atoms with van der Waals surface area (Å²) >= 11 is 5.90. The lowest BCUT2D eigenvalue weighted by Gasteiger charge is -2.34. The van der Waals surface area contributed by atoms with Crippen LogP contribution in [-0.4, -0.2) is 54.3 Å². The molecule has 4 heteroatoms. The Hall–Kier alpha value is -0.120. The molecule has 1 saturated heterocycles. The quantitative estimate of drug-likeness (QED) is 0.465. The second kappa shape index (κ2) is 4.21. The van der Waals surface area contributed by atoms with Gasteiger partial charge in [-0.25, -0.2) is 0 Å². The Morgan fingerprint density at radius 3 is 2.25 bits per heavy atom. The van der Waals surface area contributed by atoms with Gasteiger partial charge in [0.2, 0.25) is 0 Å². The van der Waals surface area contributed by atoms with Crippen molar-refractivity contribution in [3.8, 4) is 0 Å². The molecular formula is C8H15ClN2O. The van der Waals surface area contributed by atoms with Crippen LogP contribution in [0.1, 0.15) is 6.92 Å². The van der Waals surface area contributed by atoms with E-state index < -0.39 is 5.50 Å². The fraction of sp³-hybridized carbons (Fsp3) is 0.875. The highest BCUT2D eigenvalue weighted by Crippen LogP contribution is 2.09. The van der Waals surface area contributed by atoms with Crippen molar-refractivity contribution in [2.24, 2.45) is 0 Å². The number of alkyl halides is 1. The first-order valence-corrected chi connectivity index (χ1v) is 4.62. The molecular weight excluding hydrogens is 176 g/mol. The van der Waals surface area contributed by atoms with Crippen molar-refractivity contribution in [2.45, 2.75) is 12.4 Å². The third-order valence-corrected chi connectivity index (χ3v) is 2.78. The number of carbonyl (C=O) groups excluding carboxylic acids is 1. The molecule has 1 unspecified atom stereocenters. The number of nitrogens with zero attached hydrogens (tertiary/aromatic N) is 2. The monoisotopic (exact) mass is 190 g/mol. The average Bonchev–Trinajstić information content (AvgIpc) is 2.04. The number of ketones is 1. The number of Topliss-reactive ketones (excluding diaryl/α,β-unsaturated/α-hetero) is 1. The zero-order valence-electron chi connectivity index (χ0n) is 7.59. The molecule has 3 nitrogen and oxygen atoms in total. The Kier molecular flexibility index (Phi) is 3.50. The summed E-state index contributed by atoms with van der Waals surface area (Å²) in [6, 6.07) is 0. The SMILES string of the molecule is CC(=O)C(Cl)N1CCN(C)CC1. The lowest BCUT2D eigenvalue weighted by atomic mass is 10.3. The van der Waals surface area contributed by atoms with Gasteiger partial charge in [-0.3, -0.25) is 9.69 Å². The molecule has 0 saturated carbocycles. The minimum atomic E-state index is -0.418. The smallest absolute Gasteiger partial charge is 0.162 e. The molecule has 0 bridgehead atoms. The summed E-state index contributed by atoms with van der Waals surface area (Å²) in [7, 11) is 2.08. The number of hydrogen-bond donors (Lipinski definition) is 0. The van der Waals surface area contributed by atoms with Crippen molar-refractivity contribution < 1.29 is 4.79 Å². The van der Waals surface area contributed by atoms with E-state index in [0.29, 0.717) is 0 Å². The molecule has 1 rings (SSSR count). The van der Waals surface area contributed by atoms with Crippen LogP contribution in [-0.2, 0) is 4.79 Å². The number of carbonyl (C=O) groups is 1. The Morgan fingerprint density at radius 1 is 1.33 bits per heavy atom. The second-order valence-electron chi connectivity index (χ2n) is 3.29. The third-order valence-electron chi connectivity index (χ3n) is 2.19. The van der Waals surface area contributed by atoms with Crippen molar-refractivity contribution in [1.82, 2.24) is 9.80 Å². The van der Waals surface area contributed by atoms with Gasteiger partial charge in [-0.1, -0.05) is 11.6 Å². The topological polar surface area (TPSA) is 23.6 Å². The van der Waals surface area contributed by atoms with E-state index >= 15 is 0 Å². The van der Waals surface area contributed by atoms with Gasteiger partial charge < -0.3 is 4.90 Å².